The van der Waals surface area contributed by atoms with Crippen LogP contribution < -0.4 is 0 Å². The molecule has 0 aliphatic heterocycles. The van der Waals surface area contributed by atoms with E-state index in [2.05, 4.69) is 0 Å². The van der Waals surface area contributed by atoms with Gasteiger partial charge in [0.25, 0.3) is 0 Å². The molecule has 0 saturated heterocycles. The van der Waals surface area contributed by atoms with Crippen molar-refractivity contribution in [1.82, 2.24) is 0 Å². The van der Waals surface area contributed by atoms with E-state index in [9.17, 15) is 4.79 Å². The molecule has 2 nitrogen and oxygen atoms in total. The Labute approximate surface area is 55.5 Å². The van der Waals surface area contributed by atoms with Gasteiger partial charge in [-0.15, -0.1) is 0 Å². The van der Waals surface area contributed by atoms with E-state index in [-0.39, 0.29) is 5.78 Å². The Morgan fingerprint density at radius 3 is 2.67 bits per heavy atom. The fourth-order valence-electron chi connectivity index (χ4n) is 0.338. The topological polar surface area (TPSA) is 26.3 Å². The summed E-state index contributed by atoms with van der Waals surface area (Å²) >= 11 is 0. The molecule has 52 valence electrons. The zero-order valence-electron chi connectivity index (χ0n) is 5.89. The largest absolute Gasteiger partial charge is 0.501 e. The summed E-state index contributed by atoms with van der Waals surface area (Å²) in [5, 5.41) is 0. The fraction of sp³-hybridized carbons (Fsp3) is 0.571. The molecular weight excluding hydrogens is 116 g/mol. The minimum Gasteiger partial charge on any atom is -0.501 e. The second-order valence-electron chi connectivity index (χ2n) is 1.58. The van der Waals surface area contributed by atoms with Crippen LogP contribution in [0, 0.1) is 0 Å². The van der Waals surface area contributed by atoms with Gasteiger partial charge in [0, 0.05) is 12.5 Å². The molecular formula is C7H12O2. The van der Waals surface area contributed by atoms with Crippen LogP contribution in [0.25, 0.3) is 0 Å². The van der Waals surface area contributed by atoms with Gasteiger partial charge in [0.05, 0.1) is 12.9 Å². The molecule has 0 atom stereocenters. The molecule has 0 fully saturated rings. The van der Waals surface area contributed by atoms with Crippen molar-refractivity contribution in [3.63, 3.8) is 0 Å². The molecule has 2 heteroatoms. The Morgan fingerprint density at radius 1 is 1.56 bits per heavy atom. The molecule has 0 aromatic carbocycles. The first-order valence-electron chi connectivity index (χ1n) is 3.12. The van der Waals surface area contributed by atoms with E-state index in [0.717, 1.165) is 0 Å². The summed E-state index contributed by atoms with van der Waals surface area (Å²) in [7, 11) is 0. The van der Waals surface area contributed by atoms with Gasteiger partial charge in [0.1, 0.15) is 0 Å². The molecule has 0 heterocycles. The summed E-state index contributed by atoms with van der Waals surface area (Å²) in [5.41, 5.74) is 0. The van der Waals surface area contributed by atoms with E-state index < -0.39 is 0 Å². The average molecular weight is 128 g/mol. The van der Waals surface area contributed by atoms with Crippen LogP contribution in [0.4, 0.5) is 0 Å². The zero-order chi connectivity index (χ0) is 7.11. The average Bonchev–Trinajstić information content (AvgIpc) is 1.89. The van der Waals surface area contributed by atoms with Crippen LogP contribution in [-0.4, -0.2) is 12.4 Å². The first-order valence-corrected chi connectivity index (χ1v) is 3.12. The highest BCUT2D eigenvalue weighted by atomic mass is 16.5. The van der Waals surface area contributed by atoms with Crippen LogP contribution in [-0.2, 0) is 9.53 Å². The summed E-state index contributed by atoms with van der Waals surface area (Å²) < 4.78 is 4.80. The molecule has 0 aliphatic rings. The van der Waals surface area contributed by atoms with Crippen molar-refractivity contribution in [3.05, 3.63) is 12.3 Å². The van der Waals surface area contributed by atoms with Gasteiger partial charge >= 0.3 is 0 Å². The van der Waals surface area contributed by atoms with Gasteiger partial charge in [-0.2, -0.15) is 0 Å². The minimum absolute atomic E-state index is 0.100. The predicted molar refractivity (Wildman–Crippen MR) is 36.1 cm³/mol. The number of ether oxygens (including phenoxy) is 1. The fourth-order valence-corrected chi connectivity index (χ4v) is 0.338. The summed E-state index contributed by atoms with van der Waals surface area (Å²) in [4.78, 5) is 10.5. The van der Waals surface area contributed by atoms with Crippen LogP contribution in [0.1, 0.15) is 20.3 Å². The standard InChI is InChI=1S/C7H12O2/c1-3-7(8)5-6-9-4-2/h5-6H,3-4H2,1-2H3/b6-5+. The van der Waals surface area contributed by atoms with Gasteiger partial charge in [-0.05, 0) is 6.92 Å². The van der Waals surface area contributed by atoms with Gasteiger partial charge in [0.15, 0.2) is 5.78 Å². The van der Waals surface area contributed by atoms with E-state index >= 15 is 0 Å². The summed E-state index contributed by atoms with van der Waals surface area (Å²) in [6.07, 6.45) is 3.43. The number of carbonyl (C=O) groups excluding carboxylic acids is 1. The van der Waals surface area contributed by atoms with Crippen LogP contribution in [0.3, 0.4) is 0 Å². The normalized spacial score (nSPS) is 10.0. The summed E-state index contributed by atoms with van der Waals surface area (Å²) in [6, 6.07) is 0. The van der Waals surface area contributed by atoms with Crippen molar-refractivity contribution in [2.45, 2.75) is 20.3 Å². The number of carbonyl (C=O) groups is 1. The molecule has 0 N–H and O–H groups in total. The number of ketones is 1. The maximum Gasteiger partial charge on any atom is 0.158 e. The first kappa shape index (κ1) is 8.21. The van der Waals surface area contributed by atoms with E-state index in [1.807, 2.05) is 13.8 Å². The summed E-state index contributed by atoms with van der Waals surface area (Å²) in [6.45, 7) is 4.31. The molecule has 0 spiro atoms. The van der Waals surface area contributed by atoms with Gasteiger partial charge < -0.3 is 4.74 Å². The molecule has 0 bridgehead atoms. The lowest BCUT2D eigenvalue weighted by atomic mass is 10.3. The van der Waals surface area contributed by atoms with Crippen LogP contribution in [0.2, 0.25) is 0 Å². The van der Waals surface area contributed by atoms with Crippen molar-refractivity contribution >= 4 is 5.78 Å². The van der Waals surface area contributed by atoms with Gasteiger partial charge in [0.2, 0.25) is 0 Å². The Bertz CT molecular complexity index is 105. The number of allylic oxidation sites excluding steroid dienone is 1. The Morgan fingerprint density at radius 2 is 2.22 bits per heavy atom. The Kier molecular flexibility index (Phi) is 4.88. The predicted octanol–water partition coefficient (Wildman–Crippen LogP) is 1.52. The van der Waals surface area contributed by atoms with Crippen LogP contribution >= 0.6 is 0 Å². The highest BCUT2D eigenvalue weighted by molar-refractivity contribution is 5.88. The molecule has 0 aliphatic carbocycles. The van der Waals surface area contributed by atoms with E-state index in [1.165, 1.54) is 12.3 Å². The van der Waals surface area contributed by atoms with Gasteiger partial charge in [-0.3, -0.25) is 4.79 Å². The van der Waals surface area contributed by atoms with Crippen LogP contribution in [0.15, 0.2) is 12.3 Å². The third-order valence-electron chi connectivity index (χ3n) is 0.865. The number of hydrogen-bond donors (Lipinski definition) is 0. The van der Waals surface area contributed by atoms with Gasteiger partial charge in [-0.1, -0.05) is 6.92 Å². The monoisotopic (exact) mass is 128 g/mol. The number of hydrogen-bond acceptors (Lipinski definition) is 2. The molecule has 0 aromatic heterocycles. The molecule has 0 rings (SSSR count). The lowest BCUT2D eigenvalue weighted by molar-refractivity contribution is -0.114. The van der Waals surface area contributed by atoms with Crippen molar-refractivity contribution in [3.8, 4) is 0 Å². The lowest BCUT2D eigenvalue weighted by Gasteiger charge is -1.89. The quantitative estimate of drug-likeness (QED) is 0.424. The second-order valence-corrected chi connectivity index (χ2v) is 1.58. The third kappa shape index (κ3) is 5.07. The SMILES string of the molecule is CCO/C=C/C(=O)CC. The molecule has 0 aromatic rings. The Hall–Kier alpha value is -0.790. The van der Waals surface area contributed by atoms with Crippen molar-refractivity contribution < 1.29 is 9.53 Å². The van der Waals surface area contributed by atoms with Crippen molar-refractivity contribution in [1.29, 1.82) is 0 Å². The highest BCUT2D eigenvalue weighted by Gasteiger charge is 1.86. The van der Waals surface area contributed by atoms with Gasteiger partial charge in [-0.25, -0.2) is 0 Å². The highest BCUT2D eigenvalue weighted by Crippen LogP contribution is 1.83. The van der Waals surface area contributed by atoms with E-state index in [4.69, 9.17) is 4.74 Å². The molecule has 0 unspecified atom stereocenters. The Balaban J connectivity index is 3.32. The smallest absolute Gasteiger partial charge is 0.158 e. The third-order valence-corrected chi connectivity index (χ3v) is 0.865. The van der Waals surface area contributed by atoms with Crippen molar-refractivity contribution in [2.24, 2.45) is 0 Å². The molecule has 9 heavy (non-hydrogen) atoms. The zero-order valence-corrected chi connectivity index (χ0v) is 5.89. The minimum atomic E-state index is 0.100. The number of rotatable bonds is 4. The second kappa shape index (κ2) is 5.35. The van der Waals surface area contributed by atoms with E-state index in [0.29, 0.717) is 13.0 Å². The lowest BCUT2D eigenvalue weighted by Crippen LogP contribution is -1.88. The van der Waals surface area contributed by atoms with E-state index in [1.54, 1.807) is 0 Å². The first-order chi connectivity index (χ1) is 4.31. The maximum atomic E-state index is 10.5. The maximum absolute atomic E-state index is 10.5. The van der Waals surface area contributed by atoms with Crippen LogP contribution in [0.5, 0.6) is 0 Å². The molecule has 0 saturated carbocycles. The summed E-state index contributed by atoms with van der Waals surface area (Å²) in [5.74, 6) is 0.100. The van der Waals surface area contributed by atoms with Crippen molar-refractivity contribution in [2.75, 3.05) is 6.61 Å². The molecule has 0 amide bonds. The molecule has 0 radical (unpaired) electrons.